The lowest BCUT2D eigenvalue weighted by Gasteiger charge is -2.30. The van der Waals surface area contributed by atoms with E-state index < -0.39 is 6.10 Å². The lowest BCUT2D eigenvalue weighted by molar-refractivity contribution is 0.117. The van der Waals surface area contributed by atoms with Crippen LogP contribution in [0.25, 0.3) is 0 Å². The topological polar surface area (TPSA) is 32.7 Å². The third kappa shape index (κ3) is 6.08. The van der Waals surface area contributed by atoms with Gasteiger partial charge >= 0.3 is 0 Å². The van der Waals surface area contributed by atoms with Gasteiger partial charge in [-0.25, -0.2) is 0 Å². The fraction of sp³-hybridized carbons (Fsp3) is 0.520. The van der Waals surface area contributed by atoms with Crippen LogP contribution in [0.4, 0.5) is 0 Å². The van der Waals surface area contributed by atoms with Crippen LogP contribution in [0.5, 0.6) is 5.75 Å². The molecule has 2 aromatic rings. The van der Waals surface area contributed by atoms with Crippen molar-refractivity contribution in [1.29, 1.82) is 0 Å². The van der Waals surface area contributed by atoms with Gasteiger partial charge in [0.2, 0.25) is 0 Å². The van der Waals surface area contributed by atoms with E-state index in [2.05, 4.69) is 36.1 Å². The minimum absolute atomic E-state index is 0.0751. The minimum Gasteiger partial charge on any atom is -0.494 e. The van der Waals surface area contributed by atoms with Crippen molar-refractivity contribution in [3.05, 3.63) is 65.7 Å². The second-order valence-corrected chi connectivity index (χ2v) is 7.95. The van der Waals surface area contributed by atoms with Crippen molar-refractivity contribution in [2.45, 2.75) is 57.5 Å². The van der Waals surface area contributed by atoms with Gasteiger partial charge in [0.15, 0.2) is 0 Å². The van der Waals surface area contributed by atoms with Crippen LogP contribution in [-0.2, 0) is 0 Å². The van der Waals surface area contributed by atoms with Crippen molar-refractivity contribution in [2.75, 3.05) is 26.2 Å². The average Bonchev–Trinajstić information content (AvgIpc) is 3.02. The van der Waals surface area contributed by atoms with E-state index in [4.69, 9.17) is 4.74 Å². The Labute approximate surface area is 170 Å². The summed E-state index contributed by atoms with van der Waals surface area (Å²) in [7, 11) is 0. The van der Waals surface area contributed by atoms with E-state index in [1.807, 2.05) is 30.3 Å². The van der Waals surface area contributed by atoms with Gasteiger partial charge in [0.25, 0.3) is 0 Å². The monoisotopic (exact) mass is 381 g/mol. The van der Waals surface area contributed by atoms with Crippen LogP contribution in [0.15, 0.2) is 54.6 Å². The average molecular weight is 382 g/mol. The summed E-state index contributed by atoms with van der Waals surface area (Å²) < 4.78 is 5.77. The third-order valence-corrected chi connectivity index (χ3v) is 5.75. The second-order valence-electron chi connectivity index (χ2n) is 7.95. The van der Waals surface area contributed by atoms with Crippen molar-refractivity contribution in [1.82, 2.24) is 4.90 Å². The Kier molecular flexibility index (Phi) is 8.38. The number of benzene rings is 2. The maximum atomic E-state index is 11.3. The van der Waals surface area contributed by atoms with Crippen molar-refractivity contribution >= 4 is 0 Å². The molecule has 0 spiro atoms. The highest BCUT2D eigenvalue weighted by molar-refractivity contribution is 5.32. The molecular weight excluding hydrogens is 346 g/mol. The van der Waals surface area contributed by atoms with Crippen LogP contribution in [-0.4, -0.2) is 36.2 Å². The zero-order valence-electron chi connectivity index (χ0n) is 17.2. The third-order valence-electron chi connectivity index (χ3n) is 5.75. The van der Waals surface area contributed by atoms with Gasteiger partial charge in [-0.1, -0.05) is 68.7 Å². The number of hydrogen-bond donors (Lipinski definition) is 1. The van der Waals surface area contributed by atoms with Crippen LogP contribution < -0.4 is 4.74 Å². The molecule has 2 atom stereocenters. The molecule has 1 saturated heterocycles. The summed E-state index contributed by atoms with van der Waals surface area (Å²) in [6.07, 6.45) is 6.86. The Balaban J connectivity index is 1.73. The highest BCUT2D eigenvalue weighted by Crippen LogP contribution is 2.33. The molecule has 0 aromatic heterocycles. The van der Waals surface area contributed by atoms with Gasteiger partial charge in [-0.2, -0.15) is 0 Å². The molecule has 0 amide bonds. The Morgan fingerprint density at radius 1 is 0.893 bits per heavy atom. The molecule has 3 nitrogen and oxygen atoms in total. The van der Waals surface area contributed by atoms with Crippen LogP contribution in [0.3, 0.4) is 0 Å². The van der Waals surface area contributed by atoms with Crippen LogP contribution in [0.1, 0.15) is 68.6 Å². The number of likely N-dealkylation sites (tertiary alicyclic amines) is 1. The largest absolute Gasteiger partial charge is 0.494 e. The van der Waals surface area contributed by atoms with Gasteiger partial charge < -0.3 is 14.7 Å². The second kappa shape index (κ2) is 11.2. The van der Waals surface area contributed by atoms with Crippen molar-refractivity contribution in [3.8, 4) is 5.75 Å². The molecule has 152 valence electrons. The lowest BCUT2D eigenvalue weighted by Crippen LogP contribution is -2.32. The molecule has 0 bridgehead atoms. The number of aliphatic hydroxyl groups is 1. The van der Waals surface area contributed by atoms with Gasteiger partial charge in [0, 0.05) is 12.5 Å². The lowest BCUT2D eigenvalue weighted by atomic mass is 9.88. The molecule has 28 heavy (non-hydrogen) atoms. The molecule has 3 heteroatoms. The van der Waals surface area contributed by atoms with Crippen molar-refractivity contribution < 1.29 is 9.84 Å². The molecule has 1 aliphatic heterocycles. The first-order valence-electron chi connectivity index (χ1n) is 11.0. The van der Waals surface area contributed by atoms with Crippen LogP contribution >= 0.6 is 0 Å². The standard InChI is InChI=1S/C25H35NO2/c1-2-3-19-28-23-15-13-22(14-16-23)25(27)24(21-11-7-6-8-12-21)20-26-17-9-4-5-10-18-26/h6-8,11-16,24-25,27H,2-5,9-10,17-20H2,1H3/t24-,25+/m1/s1. The summed E-state index contributed by atoms with van der Waals surface area (Å²) >= 11 is 0. The summed E-state index contributed by atoms with van der Waals surface area (Å²) in [6, 6.07) is 18.5. The predicted octanol–water partition coefficient (Wildman–Crippen LogP) is 5.56. The quantitative estimate of drug-likeness (QED) is 0.577. The van der Waals surface area contributed by atoms with Crippen molar-refractivity contribution in [3.63, 3.8) is 0 Å². The summed E-state index contributed by atoms with van der Waals surface area (Å²) in [5.74, 6) is 0.958. The Morgan fingerprint density at radius 2 is 1.57 bits per heavy atom. The highest BCUT2D eigenvalue weighted by Gasteiger charge is 2.25. The number of ether oxygens (including phenoxy) is 1. The maximum absolute atomic E-state index is 11.3. The van der Waals surface area contributed by atoms with Gasteiger partial charge in [0.05, 0.1) is 12.7 Å². The molecule has 3 rings (SSSR count). The number of aliphatic hydroxyl groups excluding tert-OH is 1. The number of unbranched alkanes of at least 4 members (excludes halogenated alkanes) is 1. The molecular formula is C25H35NO2. The number of hydrogen-bond acceptors (Lipinski definition) is 3. The Morgan fingerprint density at radius 3 is 2.21 bits per heavy atom. The number of rotatable bonds is 9. The predicted molar refractivity (Wildman–Crippen MR) is 116 cm³/mol. The molecule has 1 aliphatic rings. The Hall–Kier alpha value is -1.84. The van der Waals surface area contributed by atoms with Crippen molar-refractivity contribution in [2.24, 2.45) is 0 Å². The fourth-order valence-corrected chi connectivity index (χ4v) is 4.01. The molecule has 0 aliphatic carbocycles. The highest BCUT2D eigenvalue weighted by atomic mass is 16.5. The van der Waals surface area contributed by atoms with E-state index in [0.29, 0.717) is 0 Å². The van der Waals surface area contributed by atoms with Gasteiger partial charge in [0.1, 0.15) is 5.75 Å². The van der Waals surface area contributed by atoms with Gasteiger partial charge in [-0.3, -0.25) is 0 Å². The molecule has 0 unspecified atom stereocenters. The first kappa shape index (κ1) is 20.9. The number of nitrogens with zero attached hydrogens (tertiary/aromatic N) is 1. The van der Waals surface area contributed by atoms with E-state index in [1.165, 1.54) is 31.2 Å². The van der Waals surface area contributed by atoms with Gasteiger partial charge in [-0.15, -0.1) is 0 Å². The first-order valence-corrected chi connectivity index (χ1v) is 11.0. The molecule has 1 fully saturated rings. The molecule has 2 aromatic carbocycles. The molecule has 0 saturated carbocycles. The van der Waals surface area contributed by atoms with E-state index in [0.717, 1.165) is 50.4 Å². The van der Waals surface area contributed by atoms with E-state index in [-0.39, 0.29) is 5.92 Å². The summed E-state index contributed by atoms with van der Waals surface area (Å²) in [4.78, 5) is 2.54. The summed E-state index contributed by atoms with van der Waals surface area (Å²) in [5, 5.41) is 11.3. The van der Waals surface area contributed by atoms with Crippen LogP contribution in [0, 0.1) is 0 Å². The maximum Gasteiger partial charge on any atom is 0.119 e. The molecule has 1 heterocycles. The summed E-state index contributed by atoms with van der Waals surface area (Å²) in [5.41, 5.74) is 2.18. The normalized spacial score (nSPS) is 17.6. The summed E-state index contributed by atoms with van der Waals surface area (Å²) in [6.45, 7) is 6.09. The van der Waals surface area contributed by atoms with E-state index in [1.54, 1.807) is 0 Å². The van der Waals surface area contributed by atoms with Crippen LogP contribution in [0.2, 0.25) is 0 Å². The first-order chi connectivity index (χ1) is 13.8. The SMILES string of the molecule is CCCCOc1ccc([C@H](O)[C@H](CN2CCCCCC2)c2ccccc2)cc1. The van der Waals surface area contributed by atoms with Gasteiger partial charge in [-0.05, 0) is 55.6 Å². The van der Waals surface area contributed by atoms with E-state index >= 15 is 0 Å². The van der Waals surface area contributed by atoms with E-state index in [9.17, 15) is 5.11 Å². The zero-order valence-corrected chi connectivity index (χ0v) is 17.2. The zero-order chi connectivity index (χ0) is 19.6. The fourth-order valence-electron chi connectivity index (χ4n) is 4.01. The Bertz CT molecular complexity index is 663. The smallest absolute Gasteiger partial charge is 0.119 e. The molecule has 1 N–H and O–H groups in total. The molecule has 0 radical (unpaired) electrons. The minimum atomic E-state index is -0.518.